The summed E-state index contributed by atoms with van der Waals surface area (Å²) in [4.78, 5) is 29.7. The Balaban J connectivity index is 1.47. The Hall–Kier alpha value is -2.41. The molecule has 2 N–H and O–H groups in total. The molecule has 2 atom stereocenters. The fourth-order valence-corrected chi connectivity index (χ4v) is 4.02. The molecule has 2 aliphatic heterocycles. The van der Waals surface area contributed by atoms with E-state index in [1.165, 1.54) is 0 Å². The number of amides is 2. The smallest absolute Gasteiger partial charge is 0.253 e. The maximum Gasteiger partial charge on any atom is 0.253 e. The molecule has 26 heavy (non-hydrogen) atoms. The molecule has 2 saturated heterocycles. The van der Waals surface area contributed by atoms with Gasteiger partial charge in [0.1, 0.15) is 0 Å². The van der Waals surface area contributed by atoms with Gasteiger partial charge >= 0.3 is 0 Å². The van der Waals surface area contributed by atoms with Crippen molar-refractivity contribution in [3.63, 3.8) is 0 Å². The van der Waals surface area contributed by atoms with Crippen molar-refractivity contribution in [2.75, 3.05) is 32.7 Å². The van der Waals surface area contributed by atoms with Gasteiger partial charge in [0.05, 0.1) is 17.6 Å². The van der Waals surface area contributed by atoms with Crippen LogP contribution in [-0.4, -0.2) is 70.6 Å². The number of nitrogens with zero attached hydrogens (tertiary/aromatic N) is 3. The molecule has 0 saturated carbocycles. The minimum absolute atomic E-state index is 0.000964. The molecule has 138 valence electrons. The number of nitrogens with one attached hydrogen (secondary N) is 2. The molecule has 3 heterocycles. The Bertz CT molecular complexity index is 817. The molecule has 0 spiro atoms. The van der Waals surface area contributed by atoms with Crippen molar-refractivity contribution >= 4 is 22.7 Å². The predicted octanol–water partition coefficient (Wildman–Crippen LogP) is 1.24. The van der Waals surface area contributed by atoms with Gasteiger partial charge in [-0.1, -0.05) is 0 Å². The van der Waals surface area contributed by atoms with Crippen molar-refractivity contribution in [2.24, 2.45) is 5.92 Å². The highest BCUT2D eigenvalue weighted by molar-refractivity contribution is 5.98. The first-order valence-electron chi connectivity index (χ1n) is 9.37. The summed E-state index contributed by atoms with van der Waals surface area (Å²) >= 11 is 0. The molecule has 7 nitrogen and oxygen atoms in total. The number of fused-ring (bicyclic) bond motifs is 1. The summed E-state index contributed by atoms with van der Waals surface area (Å²) in [5.74, 6) is 0.103. The number of likely N-dealkylation sites (tertiary alicyclic amines) is 1. The minimum atomic E-state index is -0.0918. The maximum absolute atomic E-state index is 13.0. The van der Waals surface area contributed by atoms with Crippen LogP contribution in [0.15, 0.2) is 24.4 Å². The van der Waals surface area contributed by atoms with Crippen LogP contribution >= 0.6 is 0 Å². The summed E-state index contributed by atoms with van der Waals surface area (Å²) < 4.78 is 0. The van der Waals surface area contributed by atoms with Crippen LogP contribution < -0.4 is 5.32 Å². The van der Waals surface area contributed by atoms with Crippen LogP contribution in [0.3, 0.4) is 0 Å². The average molecular weight is 355 g/mol. The van der Waals surface area contributed by atoms with Gasteiger partial charge in [0, 0.05) is 49.7 Å². The van der Waals surface area contributed by atoms with Crippen molar-refractivity contribution in [1.29, 1.82) is 0 Å². The van der Waals surface area contributed by atoms with Gasteiger partial charge in [0.25, 0.3) is 5.91 Å². The van der Waals surface area contributed by atoms with Crippen molar-refractivity contribution in [1.82, 2.24) is 25.3 Å². The van der Waals surface area contributed by atoms with E-state index in [9.17, 15) is 9.59 Å². The molecular formula is C19H25N5O2. The number of hydrogen-bond acceptors (Lipinski definition) is 4. The summed E-state index contributed by atoms with van der Waals surface area (Å²) in [7, 11) is 0. The maximum atomic E-state index is 13.0. The largest absolute Gasteiger partial charge is 0.338 e. The first kappa shape index (κ1) is 17.0. The quantitative estimate of drug-likeness (QED) is 0.849. The lowest BCUT2D eigenvalue weighted by molar-refractivity contribution is -0.139. The number of aromatic nitrogens is 2. The zero-order valence-corrected chi connectivity index (χ0v) is 15.1. The van der Waals surface area contributed by atoms with Gasteiger partial charge < -0.3 is 15.1 Å². The van der Waals surface area contributed by atoms with Gasteiger partial charge in [-0.15, -0.1) is 0 Å². The zero-order chi connectivity index (χ0) is 18.1. The van der Waals surface area contributed by atoms with E-state index in [1.54, 1.807) is 6.20 Å². The SMILES string of the molecule is C[C@@H]1CNCCN1C(=O)C1CCCN(C(=O)c2ccc3[nH]ncc3c2)C1. The fourth-order valence-electron chi connectivity index (χ4n) is 4.02. The number of piperazine rings is 1. The van der Waals surface area contributed by atoms with E-state index in [0.717, 1.165) is 43.4 Å². The van der Waals surface area contributed by atoms with Gasteiger partial charge in [-0.25, -0.2) is 0 Å². The molecule has 7 heteroatoms. The topological polar surface area (TPSA) is 81.3 Å². The Labute approximate surface area is 152 Å². The molecule has 2 aromatic rings. The van der Waals surface area contributed by atoms with E-state index >= 15 is 0 Å². The van der Waals surface area contributed by atoms with Crippen molar-refractivity contribution in [3.05, 3.63) is 30.0 Å². The third kappa shape index (κ3) is 3.19. The van der Waals surface area contributed by atoms with Gasteiger partial charge in [-0.2, -0.15) is 5.10 Å². The van der Waals surface area contributed by atoms with Crippen molar-refractivity contribution in [3.8, 4) is 0 Å². The third-order valence-electron chi connectivity index (χ3n) is 5.53. The van der Waals surface area contributed by atoms with Gasteiger partial charge in [0.15, 0.2) is 0 Å². The highest BCUT2D eigenvalue weighted by Crippen LogP contribution is 2.23. The lowest BCUT2D eigenvalue weighted by Crippen LogP contribution is -2.55. The summed E-state index contributed by atoms with van der Waals surface area (Å²) in [6.07, 6.45) is 3.46. The second kappa shape index (κ2) is 7.07. The van der Waals surface area contributed by atoms with E-state index in [4.69, 9.17) is 0 Å². The number of hydrogen-bond donors (Lipinski definition) is 2. The van der Waals surface area contributed by atoms with E-state index in [-0.39, 0.29) is 23.8 Å². The summed E-state index contributed by atoms with van der Waals surface area (Å²) in [5.41, 5.74) is 1.57. The zero-order valence-electron chi connectivity index (χ0n) is 15.1. The van der Waals surface area contributed by atoms with Crippen LogP contribution in [0.5, 0.6) is 0 Å². The van der Waals surface area contributed by atoms with Gasteiger partial charge in [0.2, 0.25) is 5.91 Å². The first-order valence-corrected chi connectivity index (χ1v) is 9.37. The predicted molar refractivity (Wildman–Crippen MR) is 98.8 cm³/mol. The minimum Gasteiger partial charge on any atom is -0.338 e. The Kier molecular flexibility index (Phi) is 4.63. The molecule has 4 rings (SSSR count). The Morgan fingerprint density at radius 1 is 1.27 bits per heavy atom. The normalized spacial score (nSPS) is 24.0. The summed E-state index contributed by atoms with van der Waals surface area (Å²) in [6.45, 7) is 5.74. The average Bonchev–Trinajstić information content (AvgIpc) is 3.15. The third-order valence-corrected chi connectivity index (χ3v) is 5.53. The monoisotopic (exact) mass is 355 g/mol. The molecule has 0 bridgehead atoms. The number of benzene rings is 1. The summed E-state index contributed by atoms with van der Waals surface area (Å²) in [6, 6.07) is 5.79. The number of carbonyl (C=O) groups is 2. The molecule has 0 aliphatic carbocycles. The van der Waals surface area contributed by atoms with Crippen molar-refractivity contribution < 1.29 is 9.59 Å². The van der Waals surface area contributed by atoms with E-state index in [2.05, 4.69) is 22.4 Å². The lowest BCUT2D eigenvalue weighted by atomic mass is 9.95. The number of rotatable bonds is 2. The van der Waals surface area contributed by atoms with Crippen LogP contribution in [0.4, 0.5) is 0 Å². The number of aromatic amines is 1. The first-order chi connectivity index (χ1) is 12.6. The Morgan fingerprint density at radius 3 is 3.00 bits per heavy atom. The number of piperidine rings is 1. The highest BCUT2D eigenvalue weighted by Gasteiger charge is 2.34. The molecular weight excluding hydrogens is 330 g/mol. The molecule has 1 unspecified atom stereocenters. The van der Waals surface area contributed by atoms with E-state index in [0.29, 0.717) is 18.7 Å². The lowest BCUT2D eigenvalue weighted by Gasteiger charge is -2.39. The standard InChI is InChI=1S/C19H25N5O2/c1-13-10-20-6-8-24(13)19(26)15-3-2-7-23(12-15)18(25)14-4-5-17-16(9-14)11-21-22-17/h4-5,9,11,13,15,20H,2-3,6-8,10,12H2,1H3,(H,21,22)/t13-,15?/m1/s1. The summed E-state index contributed by atoms with van der Waals surface area (Å²) in [5, 5.41) is 11.1. The molecule has 1 aromatic heterocycles. The van der Waals surface area contributed by atoms with Crippen LogP contribution in [0.25, 0.3) is 10.9 Å². The van der Waals surface area contributed by atoms with Crippen LogP contribution in [0, 0.1) is 5.92 Å². The molecule has 2 amide bonds. The highest BCUT2D eigenvalue weighted by atomic mass is 16.2. The van der Waals surface area contributed by atoms with Gasteiger partial charge in [-0.3, -0.25) is 14.7 Å². The van der Waals surface area contributed by atoms with E-state index < -0.39 is 0 Å². The molecule has 2 fully saturated rings. The van der Waals surface area contributed by atoms with Gasteiger partial charge in [-0.05, 0) is 38.0 Å². The van der Waals surface area contributed by atoms with Crippen LogP contribution in [0.2, 0.25) is 0 Å². The van der Waals surface area contributed by atoms with Crippen LogP contribution in [0.1, 0.15) is 30.1 Å². The van der Waals surface area contributed by atoms with E-state index in [1.807, 2.05) is 28.0 Å². The van der Waals surface area contributed by atoms with Crippen LogP contribution in [-0.2, 0) is 4.79 Å². The number of H-pyrrole nitrogens is 1. The fraction of sp³-hybridized carbons (Fsp3) is 0.526. The number of carbonyl (C=O) groups excluding carboxylic acids is 2. The second-order valence-corrected chi connectivity index (χ2v) is 7.35. The molecule has 1 aromatic carbocycles. The molecule has 2 aliphatic rings. The Morgan fingerprint density at radius 2 is 2.15 bits per heavy atom. The van der Waals surface area contributed by atoms with Crippen molar-refractivity contribution in [2.45, 2.75) is 25.8 Å². The second-order valence-electron chi connectivity index (χ2n) is 7.35. The molecule has 0 radical (unpaired) electrons.